The van der Waals surface area contributed by atoms with E-state index in [9.17, 15) is 9.59 Å². The number of hydrogen-bond donors (Lipinski definition) is 1. The summed E-state index contributed by atoms with van der Waals surface area (Å²) in [5, 5.41) is 6.45. The molecule has 1 saturated carbocycles. The third-order valence-electron chi connectivity index (χ3n) is 4.39. The number of rotatable bonds is 7. The Morgan fingerprint density at radius 3 is 2.60 bits per heavy atom. The quantitative estimate of drug-likeness (QED) is 0.839. The summed E-state index contributed by atoms with van der Waals surface area (Å²) in [4.78, 5) is 27.1. The van der Waals surface area contributed by atoms with Crippen molar-refractivity contribution >= 4 is 17.6 Å². The number of hydrogen-bond acceptors (Lipinski definition) is 4. The van der Waals surface area contributed by atoms with Crippen molar-refractivity contribution in [1.82, 2.24) is 10.1 Å². The van der Waals surface area contributed by atoms with Crippen molar-refractivity contribution in [2.45, 2.75) is 45.1 Å². The molecule has 2 amide bonds. The summed E-state index contributed by atoms with van der Waals surface area (Å²) in [6, 6.07) is 11.6. The van der Waals surface area contributed by atoms with E-state index in [0.29, 0.717) is 18.0 Å². The molecule has 6 nitrogen and oxygen atoms in total. The van der Waals surface area contributed by atoms with Crippen LogP contribution in [0.1, 0.15) is 43.4 Å². The van der Waals surface area contributed by atoms with Crippen LogP contribution in [-0.4, -0.2) is 34.5 Å². The molecule has 0 aliphatic heterocycles. The highest BCUT2D eigenvalue weighted by Gasteiger charge is 2.36. The van der Waals surface area contributed by atoms with Crippen molar-refractivity contribution in [3.8, 4) is 0 Å². The molecule has 1 aliphatic rings. The zero-order chi connectivity index (χ0) is 17.8. The second-order valence-electron chi connectivity index (χ2n) is 6.44. The van der Waals surface area contributed by atoms with E-state index in [1.165, 1.54) is 0 Å². The minimum absolute atomic E-state index is 0.0164. The Morgan fingerprint density at radius 2 is 2.04 bits per heavy atom. The molecular weight excluding hydrogens is 318 g/mol. The summed E-state index contributed by atoms with van der Waals surface area (Å²) >= 11 is 0. The lowest BCUT2D eigenvalue weighted by atomic mass is 9.95. The van der Waals surface area contributed by atoms with E-state index >= 15 is 0 Å². The highest BCUT2D eigenvalue weighted by molar-refractivity contribution is 5.95. The molecule has 1 aromatic heterocycles. The zero-order valence-corrected chi connectivity index (χ0v) is 14.6. The number of carbonyl (C=O) groups excluding carboxylic acids is 2. The molecule has 0 spiro atoms. The van der Waals surface area contributed by atoms with Gasteiger partial charge in [0, 0.05) is 12.1 Å². The van der Waals surface area contributed by atoms with E-state index < -0.39 is 0 Å². The van der Waals surface area contributed by atoms with E-state index in [4.69, 9.17) is 4.52 Å². The van der Waals surface area contributed by atoms with Crippen LogP contribution in [0.3, 0.4) is 0 Å². The summed E-state index contributed by atoms with van der Waals surface area (Å²) in [6.45, 7) is 3.80. The summed E-state index contributed by atoms with van der Waals surface area (Å²) < 4.78 is 4.95. The van der Waals surface area contributed by atoms with E-state index in [1.807, 2.05) is 37.3 Å². The van der Waals surface area contributed by atoms with Crippen LogP contribution in [0.15, 0.2) is 40.9 Å². The Labute approximate surface area is 147 Å². The van der Waals surface area contributed by atoms with Crippen LogP contribution in [0.2, 0.25) is 0 Å². The van der Waals surface area contributed by atoms with Gasteiger partial charge in [0.1, 0.15) is 12.3 Å². The molecule has 0 radical (unpaired) electrons. The van der Waals surface area contributed by atoms with Gasteiger partial charge in [-0.3, -0.25) is 9.59 Å². The number of carbonyl (C=O) groups is 2. The van der Waals surface area contributed by atoms with Gasteiger partial charge < -0.3 is 14.7 Å². The molecule has 0 saturated heterocycles. The monoisotopic (exact) mass is 341 g/mol. The fourth-order valence-corrected chi connectivity index (χ4v) is 2.97. The lowest BCUT2D eigenvalue weighted by molar-refractivity contribution is -0.136. The van der Waals surface area contributed by atoms with E-state index in [0.717, 1.165) is 18.4 Å². The first-order valence-electron chi connectivity index (χ1n) is 8.67. The first-order valence-corrected chi connectivity index (χ1v) is 8.67. The van der Waals surface area contributed by atoms with Gasteiger partial charge in [-0.25, -0.2) is 0 Å². The first-order chi connectivity index (χ1) is 12.1. The second-order valence-corrected chi connectivity index (χ2v) is 6.44. The van der Waals surface area contributed by atoms with Crippen molar-refractivity contribution in [2.24, 2.45) is 0 Å². The molecule has 1 aromatic carbocycles. The molecule has 1 unspecified atom stereocenters. The Morgan fingerprint density at radius 1 is 1.32 bits per heavy atom. The number of nitrogens with one attached hydrogen (secondary N) is 1. The van der Waals surface area contributed by atoms with Gasteiger partial charge in [-0.1, -0.05) is 42.4 Å². The number of amides is 2. The molecule has 1 heterocycles. The van der Waals surface area contributed by atoms with Crippen molar-refractivity contribution in [3.05, 3.63) is 47.7 Å². The zero-order valence-electron chi connectivity index (χ0n) is 14.6. The van der Waals surface area contributed by atoms with Gasteiger partial charge >= 0.3 is 0 Å². The molecule has 1 aliphatic carbocycles. The van der Waals surface area contributed by atoms with Crippen LogP contribution < -0.4 is 5.32 Å². The van der Waals surface area contributed by atoms with Gasteiger partial charge in [0.2, 0.25) is 11.8 Å². The summed E-state index contributed by atoms with van der Waals surface area (Å²) in [6.07, 6.45) is 2.61. The fourth-order valence-electron chi connectivity index (χ4n) is 2.97. The van der Waals surface area contributed by atoms with Crippen LogP contribution in [0.4, 0.5) is 5.82 Å². The highest BCUT2D eigenvalue weighted by atomic mass is 16.5. The molecule has 3 rings (SSSR count). The van der Waals surface area contributed by atoms with Crippen molar-refractivity contribution in [3.63, 3.8) is 0 Å². The van der Waals surface area contributed by atoms with Crippen LogP contribution in [0.5, 0.6) is 0 Å². The highest BCUT2D eigenvalue weighted by Crippen LogP contribution is 2.31. The van der Waals surface area contributed by atoms with Gasteiger partial charge in [-0.2, -0.15) is 0 Å². The van der Waals surface area contributed by atoms with Gasteiger partial charge in [0.15, 0.2) is 5.82 Å². The minimum atomic E-state index is -0.253. The Kier molecular flexibility index (Phi) is 5.16. The largest absolute Gasteiger partial charge is 0.360 e. The number of benzene rings is 1. The summed E-state index contributed by atoms with van der Waals surface area (Å²) in [7, 11) is 0. The third kappa shape index (κ3) is 4.26. The molecule has 1 fully saturated rings. The Hall–Kier alpha value is -2.63. The van der Waals surface area contributed by atoms with Crippen LogP contribution >= 0.6 is 0 Å². The number of aryl methyl sites for hydroxylation is 1. The maximum Gasteiger partial charge on any atom is 0.245 e. The summed E-state index contributed by atoms with van der Waals surface area (Å²) in [5.41, 5.74) is 0.994. The van der Waals surface area contributed by atoms with Crippen LogP contribution in [0.25, 0.3) is 0 Å². The normalized spacial score (nSPS) is 14.8. The molecule has 0 bridgehead atoms. The first kappa shape index (κ1) is 17.2. The standard InChI is InChI=1S/C19H23N3O3/c1-3-16(14-7-5-4-6-8-14)19(24)22(15-9-10-15)12-18(23)20-17-11-13(2)25-21-17/h4-8,11,15-16H,3,9-10,12H2,1-2H3,(H,20,21,23). The number of nitrogens with zero attached hydrogens (tertiary/aromatic N) is 2. The topological polar surface area (TPSA) is 75.4 Å². The smallest absolute Gasteiger partial charge is 0.245 e. The SMILES string of the molecule is CCC(C(=O)N(CC(=O)Nc1cc(C)on1)C1CC1)c1ccccc1. The van der Waals surface area contributed by atoms with Gasteiger partial charge in [-0.05, 0) is 31.7 Å². The van der Waals surface area contributed by atoms with E-state index in [1.54, 1.807) is 17.9 Å². The van der Waals surface area contributed by atoms with Gasteiger partial charge in [-0.15, -0.1) is 0 Å². The Bertz CT molecular complexity index is 737. The van der Waals surface area contributed by atoms with Crippen molar-refractivity contribution < 1.29 is 14.1 Å². The molecule has 1 N–H and O–H groups in total. The summed E-state index contributed by atoms with van der Waals surface area (Å²) in [5.74, 6) is 0.546. The molecule has 6 heteroatoms. The number of aromatic nitrogens is 1. The molecular formula is C19H23N3O3. The molecule has 1 atom stereocenters. The van der Waals surface area contributed by atoms with Crippen LogP contribution in [-0.2, 0) is 9.59 Å². The van der Waals surface area contributed by atoms with Crippen molar-refractivity contribution in [1.29, 1.82) is 0 Å². The maximum atomic E-state index is 13.1. The minimum Gasteiger partial charge on any atom is -0.360 e. The average Bonchev–Trinajstić information content (AvgIpc) is 3.37. The molecule has 25 heavy (non-hydrogen) atoms. The van der Waals surface area contributed by atoms with Gasteiger partial charge in [0.05, 0.1) is 5.92 Å². The third-order valence-corrected chi connectivity index (χ3v) is 4.39. The molecule has 2 aromatic rings. The van der Waals surface area contributed by atoms with E-state index in [2.05, 4.69) is 10.5 Å². The van der Waals surface area contributed by atoms with Crippen LogP contribution in [0, 0.1) is 6.92 Å². The lowest BCUT2D eigenvalue weighted by Gasteiger charge is -2.26. The van der Waals surface area contributed by atoms with Gasteiger partial charge in [0.25, 0.3) is 0 Å². The number of anilines is 1. The Balaban J connectivity index is 1.69. The predicted octanol–water partition coefficient (Wildman–Crippen LogP) is 3.11. The maximum absolute atomic E-state index is 13.1. The molecule has 132 valence electrons. The average molecular weight is 341 g/mol. The van der Waals surface area contributed by atoms with E-state index in [-0.39, 0.29) is 30.3 Å². The second kappa shape index (κ2) is 7.51. The fraction of sp³-hybridized carbons (Fsp3) is 0.421. The lowest BCUT2D eigenvalue weighted by Crippen LogP contribution is -2.42. The van der Waals surface area contributed by atoms with Crippen molar-refractivity contribution in [2.75, 3.05) is 11.9 Å². The predicted molar refractivity (Wildman–Crippen MR) is 94.1 cm³/mol.